The minimum absolute atomic E-state index is 0.343. The van der Waals surface area contributed by atoms with E-state index in [9.17, 15) is 0 Å². The Morgan fingerprint density at radius 1 is 0.957 bits per heavy atom. The number of hydrogen-bond donors (Lipinski definition) is 0. The fraction of sp³-hybridized carbons (Fsp3) is 0.263. The third-order valence-corrected chi connectivity index (χ3v) is 5.27. The number of aromatic nitrogens is 3. The van der Waals surface area contributed by atoms with Gasteiger partial charge < -0.3 is 0 Å². The molecule has 0 radical (unpaired) electrons. The number of nitrogens with zero attached hydrogens (tertiary/aromatic N) is 3. The summed E-state index contributed by atoms with van der Waals surface area (Å²) in [5.41, 5.74) is 2.47. The van der Waals surface area contributed by atoms with E-state index in [1.165, 1.54) is 18.4 Å². The molecule has 0 amide bonds. The zero-order valence-corrected chi connectivity index (χ0v) is 13.9. The summed E-state index contributed by atoms with van der Waals surface area (Å²) in [4.78, 5) is 0. The van der Waals surface area contributed by atoms with Gasteiger partial charge in [-0.2, -0.15) is 0 Å². The van der Waals surface area contributed by atoms with Crippen LogP contribution in [0.3, 0.4) is 0 Å². The van der Waals surface area contributed by atoms with Gasteiger partial charge in [0.2, 0.25) is 0 Å². The van der Waals surface area contributed by atoms with Crippen LogP contribution in [0.4, 0.5) is 0 Å². The highest BCUT2D eigenvalue weighted by Crippen LogP contribution is 2.42. The molecular formula is C19H19N3S. The van der Waals surface area contributed by atoms with Crippen LogP contribution in [0.5, 0.6) is 0 Å². The smallest absolute Gasteiger partial charge is 0.196 e. The van der Waals surface area contributed by atoms with Gasteiger partial charge in [0, 0.05) is 16.9 Å². The van der Waals surface area contributed by atoms with Gasteiger partial charge in [0.05, 0.1) is 0 Å². The molecule has 23 heavy (non-hydrogen) atoms. The van der Waals surface area contributed by atoms with Gasteiger partial charge in [0.1, 0.15) is 5.82 Å². The van der Waals surface area contributed by atoms with E-state index >= 15 is 0 Å². The molecule has 116 valence electrons. The van der Waals surface area contributed by atoms with Crippen molar-refractivity contribution in [3.8, 4) is 5.69 Å². The molecule has 0 aliphatic heterocycles. The van der Waals surface area contributed by atoms with Crippen molar-refractivity contribution in [3.63, 3.8) is 0 Å². The Labute approximate surface area is 140 Å². The molecule has 1 saturated carbocycles. The minimum atomic E-state index is 0.343. The van der Waals surface area contributed by atoms with Crippen LogP contribution >= 0.6 is 11.8 Å². The molecule has 1 aliphatic carbocycles. The molecule has 1 heterocycles. The van der Waals surface area contributed by atoms with Crippen molar-refractivity contribution >= 4 is 11.8 Å². The Kier molecular flexibility index (Phi) is 3.92. The quantitative estimate of drug-likeness (QED) is 0.620. The van der Waals surface area contributed by atoms with Crippen molar-refractivity contribution in [2.75, 3.05) is 0 Å². The summed E-state index contributed by atoms with van der Waals surface area (Å²) in [6.07, 6.45) is 2.45. The summed E-state index contributed by atoms with van der Waals surface area (Å²) in [7, 11) is 0. The molecule has 0 bridgehead atoms. The number of thioether (sulfide) groups is 1. The van der Waals surface area contributed by atoms with Gasteiger partial charge in [-0.05, 0) is 37.5 Å². The third kappa shape index (κ3) is 3.04. The first-order valence-corrected chi connectivity index (χ1v) is 8.93. The van der Waals surface area contributed by atoms with E-state index < -0.39 is 0 Å². The van der Waals surface area contributed by atoms with Crippen molar-refractivity contribution in [2.24, 2.45) is 0 Å². The van der Waals surface area contributed by atoms with Crippen LogP contribution in [0, 0.1) is 0 Å². The predicted octanol–water partition coefficient (Wildman–Crippen LogP) is 5.00. The Balaban J connectivity index is 1.69. The number of rotatable bonds is 5. The fourth-order valence-electron chi connectivity index (χ4n) is 2.73. The van der Waals surface area contributed by atoms with Crippen molar-refractivity contribution in [2.45, 2.75) is 36.1 Å². The van der Waals surface area contributed by atoms with Gasteiger partial charge in [-0.15, -0.1) is 10.2 Å². The summed E-state index contributed by atoms with van der Waals surface area (Å²) in [5.74, 6) is 1.68. The van der Waals surface area contributed by atoms with Crippen molar-refractivity contribution in [1.29, 1.82) is 0 Å². The van der Waals surface area contributed by atoms with Crippen LogP contribution in [0.25, 0.3) is 5.69 Å². The monoisotopic (exact) mass is 321 g/mol. The fourth-order valence-corrected chi connectivity index (χ4v) is 3.74. The van der Waals surface area contributed by atoms with Crippen LogP contribution in [-0.2, 0) is 0 Å². The number of hydrogen-bond acceptors (Lipinski definition) is 3. The molecule has 0 N–H and O–H groups in total. The maximum Gasteiger partial charge on any atom is 0.196 e. The summed E-state index contributed by atoms with van der Waals surface area (Å²) in [5, 5.41) is 10.3. The summed E-state index contributed by atoms with van der Waals surface area (Å²) in [6, 6.07) is 21.0. The van der Waals surface area contributed by atoms with Crippen molar-refractivity contribution < 1.29 is 0 Å². The Bertz CT molecular complexity index is 779. The SMILES string of the molecule is CC(Sc1nnc(C2CC2)n1-c1ccccc1)c1ccccc1. The van der Waals surface area contributed by atoms with Crippen LogP contribution in [0.2, 0.25) is 0 Å². The second kappa shape index (κ2) is 6.20. The number of benzene rings is 2. The van der Waals surface area contributed by atoms with E-state index in [-0.39, 0.29) is 0 Å². The molecular weight excluding hydrogens is 302 g/mol. The van der Waals surface area contributed by atoms with Crippen molar-refractivity contribution in [1.82, 2.24) is 14.8 Å². The molecule has 1 aliphatic rings. The minimum Gasteiger partial charge on any atom is -0.274 e. The molecule has 4 heteroatoms. The first-order chi connectivity index (χ1) is 11.3. The van der Waals surface area contributed by atoms with Crippen molar-refractivity contribution in [3.05, 3.63) is 72.1 Å². The summed E-state index contributed by atoms with van der Waals surface area (Å²) < 4.78 is 2.24. The molecule has 1 unspecified atom stereocenters. The van der Waals surface area contributed by atoms with E-state index in [1.807, 2.05) is 6.07 Å². The Morgan fingerprint density at radius 3 is 2.26 bits per heavy atom. The summed E-state index contributed by atoms with van der Waals surface area (Å²) >= 11 is 1.77. The lowest BCUT2D eigenvalue weighted by atomic mass is 10.2. The highest BCUT2D eigenvalue weighted by atomic mass is 32.2. The van der Waals surface area contributed by atoms with E-state index in [0.29, 0.717) is 11.2 Å². The largest absolute Gasteiger partial charge is 0.274 e. The van der Waals surface area contributed by atoms with E-state index in [1.54, 1.807) is 11.8 Å². The second-order valence-corrected chi connectivity index (χ2v) is 7.26. The molecule has 0 saturated heterocycles. The number of para-hydroxylation sites is 1. The van der Waals surface area contributed by atoms with Gasteiger partial charge in [-0.25, -0.2) is 0 Å². The van der Waals surface area contributed by atoms with Crippen LogP contribution in [0.15, 0.2) is 65.8 Å². The molecule has 3 nitrogen and oxygen atoms in total. The van der Waals surface area contributed by atoms with Crippen LogP contribution < -0.4 is 0 Å². The predicted molar refractivity (Wildman–Crippen MR) is 94.0 cm³/mol. The maximum atomic E-state index is 4.50. The zero-order valence-electron chi connectivity index (χ0n) is 13.1. The highest BCUT2D eigenvalue weighted by Gasteiger charge is 2.31. The second-order valence-electron chi connectivity index (χ2n) is 5.96. The first-order valence-electron chi connectivity index (χ1n) is 8.05. The Hall–Kier alpha value is -2.07. The molecule has 4 rings (SSSR count). The third-order valence-electron chi connectivity index (χ3n) is 4.17. The highest BCUT2D eigenvalue weighted by molar-refractivity contribution is 7.99. The molecule has 1 aromatic heterocycles. The zero-order chi connectivity index (χ0) is 15.6. The van der Waals surface area contributed by atoms with E-state index in [4.69, 9.17) is 0 Å². The molecule has 2 aromatic carbocycles. The van der Waals surface area contributed by atoms with Gasteiger partial charge in [-0.3, -0.25) is 4.57 Å². The normalized spacial score (nSPS) is 15.5. The molecule has 1 atom stereocenters. The van der Waals surface area contributed by atoms with E-state index in [0.717, 1.165) is 16.7 Å². The lowest BCUT2D eigenvalue weighted by Crippen LogP contribution is -2.02. The van der Waals surface area contributed by atoms with E-state index in [2.05, 4.69) is 76.3 Å². The average molecular weight is 321 g/mol. The maximum absolute atomic E-state index is 4.50. The first kappa shape index (κ1) is 14.5. The van der Waals surface area contributed by atoms with Gasteiger partial charge >= 0.3 is 0 Å². The lowest BCUT2D eigenvalue weighted by Gasteiger charge is -2.13. The lowest BCUT2D eigenvalue weighted by molar-refractivity contribution is 0.826. The van der Waals surface area contributed by atoms with Crippen LogP contribution in [-0.4, -0.2) is 14.8 Å². The Morgan fingerprint density at radius 2 is 1.61 bits per heavy atom. The molecule has 1 fully saturated rings. The standard InChI is InChI=1S/C19H19N3S/c1-14(15-8-4-2-5-9-15)23-19-21-20-18(16-12-13-16)22(19)17-10-6-3-7-11-17/h2-11,14,16H,12-13H2,1H3. The van der Waals surface area contributed by atoms with Gasteiger partial charge in [0.15, 0.2) is 5.16 Å². The molecule has 0 spiro atoms. The van der Waals surface area contributed by atoms with Gasteiger partial charge in [-0.1, -0.05) is 60.3 Å². The average Bonchev–Trinajstić information content (AvgIpc) is 3.37. The van der Waals surface area contributed by atoms with Gasteiger partial charge in [0.25, 0.3) is 0 Å². The topological polar surface area (TPSA) is 30.7 Å². The summed E-state index contributed by atoms with van der Waals surface area (Å²) in [6.45, 7) is 2.22. The molecule has 3 aromatic rings. The van der Waals surface area contributed by atoms with Crippen LogP contribution in [0.1, 0.15) is 42.3 Å².